The van der Waals surface area contributed by atoms with Gasteiger partial charge in [0.05, 0.1) is 29.7 Å². The van der Waals surface area contributed by atoms with E-state index < -0.39 is 17.6 Å². The molecule has 0 radical (unpaired) electrons. The van der Waals surface area contributed by atoms with Crippen molar-refractivity contribution >= 4 is 28.4 Å². The predicted octanol–water partition coefficient (Wildman–Crippen LogP) is 3.77. The van der Waals surface area contributed by atoms with Crippen LogP contribution in [0.5, 0.6) is 5.88 Å². The van der Waals surface area contributed by atoms with E-state index in [1.165, 1.54) is 7.11 Å². The Morgan fingerprint density at radius 3 is 2.69 bits per heavy atom. The van der Waals surface area contributed by atoms with Crippen LogP contribution in [-0.4, -0.2) is 36.1 Å². The molecule has 0 spiro atoms. The van der Waals surface area contributed by atoms with Gasteiger partial charge in [-0.3, -0.25) is 4.79 Å². The third-order valence-electron chi connectivity index (χ3n) is 4.99. The van der Waals surface area contributed by atoms with Crippen LogP contribution >= 0.6 is 0 Å². The number of nitrogens with one attached hydrogen (secondary N) is 1. The highest BCUT2D eigenvalue weighted by atomic mass is 19.1. The molecule has 1 saturated heterocycles. The van der Waals surface area contributed by atoms with Gasteiger partial charge in [0.15, 0.2) is 5.82 Å². The minimum atomic E-state index is -0.672. The number of hydrogen-bond acceptors (Lipinski definition) is 5. The lowest BCUT2D eigenvalue weighted by atomic mass is 9.97. The average molecular weight is 398 g/mol. The SMILES string of the molecule is COc1nc2ccccc2nc1N1CCC[C@H](C(=O)Nc2cc(F)ccc2F)C1. The van der Waals surface area contributed by atoms with Gasteiger partial charge < -0.3 is 15.0 Å². The van der Waals surface area contributed by atoms with Crippen molar-refractivity contribution < 1.29 is 18.3 Å². The molecule has 8 heteroatoms. The smallest absolute Gasteiger partial charge is 0.257 e. The lowest BCUT2D eigenvalue weighted by Crippen LogP contribution is -2.41. The number of rotatable bonds is 4. The minimum Gasteiger partial charge on any atom is -0.478 e. The van der Waals surface area contributed by atoms with Crippen LogP contribution in [-0.2, 0) is 4.79 Å². The maximum absolute atomic E-state index is 13.9. The molecule has 1 aliphatic rings. The summed E-state index contributed by atoms with van der Waals surface area (Å²) < 4.78 is 32.7. The molecule has 0 unspecified atom stereocenters. The van der Waals surface area contributed by atoms with E-state index in [1.807, 2.05) is 29.2 Å². The molecule has 0 saturated carbocycles. The number of carbonyl (C=O) groups excluding carboxylic acids is 1. The van der Waals surface area contributed by atoms with Crippen molar-refractivity contribution in [3.05, 3.63) is 54.1 Å². The monoisotopic (exact) mass is 398 g/mol. The van der Waals surface area contributed by atoms with E-state index in [1.54, 1.807) is 0 Å². The lowest BCUT2D eigenvalue weighted by molar-refractivity contribution is -0.120. The highest BCUT2D eigenvalue weighted by molar-refractivity contribution is 5.93. The first-order valence-corrected chi connectivity index (χ1v) is 9.37. The molecular weight excluding hydrogens is 378 g/mol. The van der Waals surface area contributed by atoms with E-state index in [4.69, 9.17) is 4.74 Å². The van der Waals surface area contributed by atoms with E-state index in [0.717, 1.165) is 35.7 Å². The van der Waals surface area contributed by atoms with Crippen LogP contribution in [0.4, 0.5) is 20.3 Å². The Morgan fingerprint density at radius 1 is 1.17 bits per heavy atom. The fraction of sp³-hybridized carbons (Fsp3) is 0.286. The number of piperidine rings is 1. The summed E-state index contributed by atoms with van der Waals surface area (Å²) in [5.74, 6) is -1.07. The van der Waals surface area contributed by atoms with Crippen LogP contribution in [0.15, 0.2) is 42.5 Å². The van der Waals surface area contributed by atoms with Gasteiger partial charge in [-0.1, -0.05) is 12.1 Å². The third-order valence-corrected chi connectivity index (χ3v) is 4.99. The second kappa shape index (κ2) is 7.98. The Hall–Kier alpha value is -3.29. The van der Waals surface area contributed by atoms with E-state index in [9.17, 15) is 13.6 Å². The van der Waals surface area contributed by atoms with E-state index in [-0.39, 0.29) is 11.6 Å². The zero-order chi connectivity index (χ0) is 20.4. The van der Waals surface area contributed by atoms with E-state index in [0.29, 0.717) is 31.2 Å². The first kappa shape index (κ1) is 19.0. The highest BCUT2D eigenvalue weighted by Gasteiger charge is 2.29. The second-order valence-electron chi connectivity index (χ2n) is 6.94. The number of halogens is 2. The molecule has 150 valence electrons. The molecule has 1 aromatic heterocycles. The average Bonchev–Trinajstić information content (AvgIpc) is 2.75. The van der Waals surface area contributed by atoms with Gasteiger partial charge in [0, 0.05) is 19.2 Å². The molecule has 1 fully saturated rings. The summed E-state index contributed by atoms with van der Waals surface area (Å²) in [6.45, 7) is 1.08. The number of ether oxygens (including phenoxy) is 1. The number of aromatic nitrogens is 2. The van der Waals surface area contributed by atoms with Gasteiger partial charge in [0.1, 0.15) is 11.6 Å². The Morgan fingerprint density at radius 2 is 1.93 bits per heavy atom. The fourth-order valence-electron chi connectivity index (χ4n) is 3.53. The molecule has 1 amide bonds. The molecule has 1 aliphatic heterocycles. The minimum absolute atomic E-state index is 0.157. The molecule has 1 atom stereocenters. The van der Waals surface area contributed by atoms with Crippen LogP contribution in [0.3, 0.4) is 0 Å². The van der Waals surface area contributed by atoms with Crippen molar-refractivity contribution in [1.29, 1.82) is 0 Å². The van der Waals surface area contributed by atoms with Gasteiger partial charge in [-0.2, -0.15) is 0 Å². The Labute approximate surface area is 166 Å². The zero-order valence-corrected chi connectivity index (χ0v) is 15.9. The number of fused-ring (bicyclic) bond motifs is 1. The van der Waals surface area contributed by atoms with Gasteiger partial charge in [-0.05, 0) is 37.1 Å². The summed E-state index contributed by atoms with van der Waals surface area (Å²) >= 11 is 0. The zero-order valence-electron chi connectivity index (χ0n) is 15.9. The maximum atomic E-state index is 13.9. The van der Waals surface area contributed by atoms with Crippen LogP contribution in [0.1, 0.15) is 12.8 Å². The normalized spacial score (nSPS) is 16.7. The number of hydrogen-bond donors (Lipinski definition) is 1. The first-order chi connectivity index (χ1) is 14.0. The van der Waals surface area contributed by atoms with E-state index >= 15 is 0 Å². The highest BCUT2D eigenvalue weighted by Crippen LogP contribution is 2.31. The number of benzene rings is 2. The van der Waals surface area contributed by atoms with Crippen LogP contribution in [0.25, 0.3) is 11.0 Å². The summed E-state index contributed by atoms with van der Waals surface area (Å²) in [5, 5.41) is 2.50. The standard InChI is InChI=1S/C21H20F2N4O2/c1-29-21-19(24-16-6-2-3-7-17(16)26-21)27-10-4-5-13(12-27)20(28)25-18-11-14(22)8-9-15(18)23/h2-3,6-9,11,13H,4-5,10,12H2,1H3,(H,25,28)/t13-/m0/s1. The molecule has 0 aliphatic carbocycles. The fourth-order valence-corrected chi connectivity index (χ4v) is 3.53. The van der Waals surface area contributed by atoms with Crippen LogP contribution in [0.2, 0.25) is 0 Å². The Kier molecular flexibility index (Phi) is 5.24. The van der Waals surface area contributed by atoms with Gasteiger partial charge >= 0.3 is 0 Å². The summed E-state index contributed by atoms with van der Waals surface area (Å²) in [7, 11) is 1.53. The van der Waals surface area contributed by atoms with Crippen molar-refractivity contribution in [2.45, 2.75) is 12.8 Å². The van der Waals surface area contributed by atoms with Crippen molar-refractivity contribution in [1.82, 2.24) is 9.97 Å². The molecule has 29 heavy (non-hydrogen) atoms. The van der Waals surface area contributed by atoms with Crippen LogP contribution in [0, 0.1) is 17.6 Å². The number of para-hydroxylation sites is 2. The van der Waals surface area contributed by atoms with Gasteiger partial charge in [0.25, 0.3) is 5.88 Å². The number of carbonyl (C=O) groups is 1. The topological polar surface area (TPSA) is 67.4 Å². The van der Waals surface area contributed by atoms with Crippen molar-refractivity contribution in [3.63, 3.8) is 0 Å². The summed E-state index contributed by atoms with van der Waals surface area (Å²) in [4.78, 5) is 23.8. The maximum Gasteiger partial charge on any atom is 0.257 e. The molecule has 4 rings (SSSR count). The molecule has 2 aromatic carbocycles. The molecular formula is C21H20F2N4O2. The van der Waals surface area contributed by atoms with Crippen molar-refractivity contribution in [3.8, 4) is 5.88 Å². The van der Waals surface area contributed by atoms with E-state index in [2.05, 4.69) is 15.3 Å². The second-order valence-corrected chi connectivity index (χ2v) is 6.94. The summed E-state index contributed by atoms with van der Waals surface area (Å²) in [6, 6.07) is 10.5. The molecule has 3 aromatic rings. The Bertz CT molecular complexity index is 1060. The molecule has 2 heterocycles. The largest absolute Gasteiger partial charge is 0.478 e. The van der Waals surface area contributed by atoms with Gasteiger partial charge in [0.2, 0.25) is 5.91 Å². The Balaban J connectivity index is 1.56. The summed E-state index contributed by atoms with van der Waals surface area (Å²) in [5.41, 5.74) is 1.30. The molecule has 6 nitrogen and oxygen atoms in total. The van der Waals surface area contributed by atoms with Crippen molar-refractivity contribution in [2.75, 3.05) is 30.4 Å². The third kappa shape index (κ3) is 3.96. The first-order valence-electron chi connectivity index (χ1n) is 9.37. The number of anilines is 2. The quantitative estimate of drug-likeness (QED) is 0.725. The number of amides is 1. The van der Waals surface area contributed by atoms with Crippen LogP contribution < -0.4 is 15.0 Å². The van der Waals surface area contributed by atoms with Gasteiger partial charge in [-0.25, -0.2) is 18.7 Å². The molecule has 0 bridgehead atoms. The lowest BCUT2D eigenvalue weighted by Gasteiger charge is -2.33. The molecule has 1 N–H and O–H groups in total. The predicted molar refractivity (Wildman–Crippen MR) is 106 cm³/mol. The van der Waals surface area contributed by atoms with Gasteiger partial charge in [-0.15, -0.1) is 0 Å². The number of methoxy groups -OCH3 is 1. The van der Waals surface area contributed by atoms with Crippen molar-refractivity contribution in [2.24, 2.45) is 5.92 Å². The summed E-state index contributed by atoms with van der Waals surface area (Å²) in [6.07, 6.45) is 1.39. The number of nitrogens with zero attached hydrogens (tertiary/aromatic N) is 3.